The minimum atomic E-state index is -4.57. The first kappa shape index (κ1) is 23.9. The lowest BCUT2D eigenvalue weighted by Gasteiger charge is -2.25. The molecule has 6 nitrogen and oxygen atoms in total. The molecule has 35 heavy (non-hydrogen) atoms. The number of ketones is 1. The molecule has 0 radical (unpaired) electrons. The Bertz CT molecular complexity index is 1280. The molecular formula is C26H20F3NO5. The van der Waals surface area contributed by atoms with Crippen molar-refractivity contribution in [2.75, 3.05) is 11.5 Å². The minimum Gasteiger partial charge on any atom is -0.508 e. The molecule has 9 heteroatoms. The van der Waals surface area contributed by atoms with Crippen molar-refractivity contribution in [3.8, 4) is 11.5 Å². The molecule has 1 saturated heterocycles. The lowest BCUT2D eigenvalue weighted by molar-refractivity contribution is -0.137. The molecule has 1 fully saturated rings. The third-order valence-corrected chi connectivity index (χ3v) is 5.56. The molecule has 4 rings (SSSR count). The smallest absolute Gasteiger partial charge is 0.416 e. The Kier molecular flexibility index (Phi) is 6.26. The number of aromatic hydroxyl groups is 1. The van der Waals surface area contributed by atoms with E-state index in [1.165, 1.54) is 36.4 Å². The maximum Gasteiger partial charge on any atom is 0.416 e. The Morgan fingerprint density at radius 1 is 0.943 bits per heavy atom. The van der Waals surface area contributed by atoms with Gasteiger partial charge >= 0.3 is 6.18 Å². The van der Waals surface area contributed by atoms with E-state index in [-0.39, 0.29) is 22.6 Å². The number of alkyl halides is 3. The molecule has 1 aliphatic heterocycles. The molecule has 1 aliphatic rings. The van der Waals surface area contributed by atoms with E-state index in [0.717, 1.165) is 29.2 Å². The van der Waals surface area contributed by atoms with Gasteiger partial charge in [-0.25, -0.2) is 0 Å². The van der Waals surface area contributed by atoms with Crippen LogP contribution in [0.1, 0.15) is 29.7 Å². The molecule has 0 spiro atoms. The summed E-state index contributed by atoms with van der Waals surface area (Å²) in [5, 5.41) is 20.8. The van der Waals surface area contributed by atoms with Gasteiger partial charge in [0, 0.05) is 11.3 Å². The van der Waals surface area contributed by atoms with Gasteiger partial charge in [0.15, 0.2) is 0 Å². The van der Waals surface area contributed by atoms with Crippen LogP contribution >= 0.6 is 0 Å². The maximum absolute atomic E-state index is 13.1. The SMILES string of the molecule is CCOc1ccc(/C(O)=C2\C(=O)C(=O)N(c3ccc(C(F)(F)F)cc3)C2c2ccc(O)cc2)cc1. The van der Waals surface area contributed by atoms with Crippen LogP contribution in [-0.4, -0.2) is 28.5 Å². The van der Waals surface area contributed by atoms with E-state index in [4.69, 9.17) is 4.74 Å². The fraction of sp³-hybridized carbons (Fsp3) is 0.154. The minimum absolute atomic E-state index is 0.0453. The fourth-order valence-electron chi connectivity index (χ4n) is 3.91. The largest absolute Gasteiger partial charge is 0.508 e. The highest BCUT2D eigenvalue weighted by Crippen LogP contribution is 2.43. The molecule has 2 N–H and O–H groups in total. The summed E-state index contributed by atoms with van der Waals surface area (Å²) in [5.74, 6) is -1.96. The van der Waals surface area contributed by atoms with E-state index in [1.54, 1.807) is 12.1 Å². The highest BCUT2D eigenvalue weighted by atomic mass is 19.4. The average molecular weight is 483 g/mol. The van der Waals surface area contributed by atoms with Crippen molar-refractivity contribution < 1.29 is 37.7 Å². The van der Waals surface area contributed by atoms with Gasteiger partial charge < -0.3 is 14.9 Å². The lowest BCUT2D eigenvalue weighted by Crippen LogP contribution is -2.29. The van der Waals surface area contributed by atoms with Gasteiger partial charge in [0.2, 0.25) is 0 Å². The molecular weight excluding hydrogens is 463 g/mol. The summed E-state index contributed by atoms with van der Waals surface area (Å²) in [4.78, 5) is 27.2. The predicted octanol–water partition coefficient (Wildman–Crippen LogP) is 5.44. The molecule has 1 amide bonds. The summed E-state index contributed by atoms with van der Waals surface area (Å²) in [5.41, 5.74) is -0.473. The van der Waals surface area contributed by atoms with E-state index in [9.17, 15) is 33.0 Å². The molecule has 0 aliphatic carbocycles. The number of aliphatic hydroxyl groups excluding tert-OH is 1. The van der Waals surface area contributed by atoms with Crippen molar-refractivity contribution in [2.45, 2.75) is 19.1 Å². The lowest BCUT2D eigenvalue weighted by atomic mass is 9.95. The van der Waals surface area contributed by atoms with Crippen LogP contribution in [-0.2, 0) is 15.8 Å². The number of amides is 1. The van der Waals surface area contributed by atoms with Crippen molar-refractivity contribution in [3.05, 3.63) is 95.1 Å². The number of phenols is 1. The van der Waals surface area contributed by atoms with Crippen molar-refractivity contribution in [1.82, 2.24) is 0 Å². The summed E-state index contributed by atoms with van der Waals surface area (Å²) in [6, 6.07) is 14.6. The van der Waals surface area contributed by atoms with Crippen molar-refractivity contribution in [1.29, 1.82) is 0 Å². The molecule has 0 bridgehead atoms. The molecule has 1 unspecified atom stereocenters. The number of carbonyl (C=O) groups excluding carboxylic acids is 2. The number of benzene rings is 3. The van der Waals surface area contributed by atoms with Gasteiger partial charge in [-0.2, -0.15) is 13.2 Å². The Hall–Kier alpha value is -4.27. The third-order valence-electron chi connectivity index (χ3n) is 5.56. The van der Waals surface area contributed by atoms with Gasteiger partial charge in [0.25, 0.3) is 11.7 Å². The van der Waals surface area contributed by atoms with Crippen LogP contribution in [0.2, 0.25) is 0 Å². The quantitative estimate of drug-likeness (QED) is 0.287. The van der Waals surface area contributed by atoms with Crippen LogP contribution in [0.5, 0.6) is 11.5 Å². The van der Waals surface area contributed by atoms with Gasteiger partial charge in [0.05, 0.1) is 23.8 Å². The maximum atomic E-state index is 13.1. The number of carbonyl (C=O) groups is 2. The fourth-order valence-corrected chi connectivity index (χ4v) is 3.91. The number of hydrogen-bond acceptors (Lipinski definition) is 5. The number of nitrogens with zero attached hydrogens (tertiary/aromatic N) is 1. The highest BCUT2D eigenvalue weighted by Gasteiger charge is 2.47. The van der Waals surface area contributed by atoms with E-state index in [0.29, 0.717) is 17.9 Å². The summed E-state index contributed by atoms with van der Waals surface area (Å²) >= 11 is 0. The second-order valence-electron chi connectivity index (χ2n) is 7.76. The molecule has 3 aromatic rings. The van der Waals surface area contributed by atoms with Crippen LogP contribution in [0.15, 0.2) is 78.4 Å². The molecule has 3 aromatic carbocycles. The second kappa shape index (κ2) is 9.17. The van der Waals surface area contributed by atoms with Crippen LogP contribution in [0.4, 0.5) is 18.9 Å². The third kappa shape index (κ3) is 4.57. The van der Waals surface area contributed by atoms with E-state index in [2.05, 4.69) is 0 Å². The summed E-state index contributed by atoms with van der Waals surface area (Å²) < 4.78 is 44.5. The number of aliphatic hydroxyl groups is 1. The predicted molar refractivity (Wildman–Crippen MR) is 122 cm³/mol. The number of anilines is 1. The average Bonchev–Trinajstić information content (AvgIpc) is 3.10. The Morgan fingerprint density at radius 3 is 2.09 bits per heavy atom. The van der Waals surface area contributed by atoms with E-state index >= 15 is 0 Å². The van der Waals surface area contributed by atoms with Crippen LogP contribution in [0, 0.1) is 0 Å². The van der Waals surface area contributed by atoms with Gasteiger partial charge in [-0.05, 0) is 73.2 Å². The Balaban J connectivity index is 1.86. The molecule has 1 atom stereocenters. The number of hydrogen-bond donors (Lipinski definition) is 2. The van der Waals surface area contributed by atoms with Crippen molar-refractivity contribution in [2.24, 2.45) is 0 Å². The zero-order valence-electron chi connectivity index (χ0n) is 18.4. The first-order chi connectivity index (χ1) is 16.6. The number of rotatable bonds is 5. The molecule has 180 valence electrons. The van der Waals surface area contributed by atoms with Gasteiger partial charge in [0.1, 0.15) is 17.3 Å². The first-order valence-electron chi connectivity index (χ1n) is 10.6. The van der Waals surface area contributed by atoms with Gasteiger partial charge in [-0.3, -0.25) is 14.5 Å². The molecule has 1 heterocycles. The highest BCUT2D eigenvalue weighted by molar-refractivity contribution is 6.51. The number of phenolic OH excluding ortho intramolecular Hbond substituents is 1. The van der Waals surface area contributed by atoms with E-state index in [1.807, 2.05) is 6.92 Å². The Labute approximate surface area is 198 Å². The van der Waals surface area contributed by atoms with Crippen LogP contribution in [0.25, 0.3) is 5.76 Å². The standard InChI is InChI=1S/C26H20F3NO5/c1-2-35-20-13-5-16(6-14-20)23(32)21-22(15-3-11-19(31)12-4-15)30(25(34)24(21)33)18-9-7-17(8-10-18)26(27,28)29/h3-14,22,31-32H,2H2,1H3/b23-21+. The topological polar surface area (TPSA) is 87.1 Å². The zero-order chi connectivity index (χ0) is 25.3. The number of Topliss-reactive ketones (excluding diaryl/α,β-unsaturated/α-hetero) is 1. The number of ether oxygens (including phenoxy) is 1. The van der Waals surface area contributed by atoms with Crippen molar-refractivity contribution in [3.63, 3.8) is 0 Å². The monoisotopic (exact) mass is 483 g/mol. The summed E-state index contributed by atoms with van der Waals surface area (Å²) in [6.07, 6.45) is -4.57. The van der Waals surface area contributed by atoms with Crippen LogP contribution in [0.3, 0.4) is 0 Å². The van der Waals surface area contributed by atoms with Crippen LogP contribution < -0.4 is 9.64 Å². The van der Waals surface area contributed by atoms with Gasteiger partial charge in [-0.15, -0.1) is 0 Å². The first-order valence-corrected chi connectivity index (χ1v) is 10.6. The summed E-state index contributed by atoms with van der Waals surface area (Å²) in [7, 11) is 0. The summed E-state index contributed by atoms with van der Waals surface area (Å²) in [6.45, 7) is 2.25. The van der Waals surface area contributed by atoms with Crippen molar-refractivity contribution >= 4 is 23.1 Å². The molecule has 0 aromatic heterocycles. The normalized spacial score (nSPS) is 17.6. The second-order valence-corrected chi connectivity index (χ2v) is 7.76. The van der Waals surface area contributed by atoms with Gasteiger partial charge in [-0.1, -0.05) is 12.1 Å². The molecule has 0 saturated carbocycles. The number of halogens is 3. The Morgan fingerprint density at radius 2 is 1.54 bits per heavy atom. The van der Waals surface area contributed by atoms with E-state index < -0.39 is 35.2 Å². The zero-order valence-corrected chi connectivity index (χ0v) is 18.4.